The number of aromatic nitrogens is 1. The van der Waals surface area contributed by atoms with Crippen molar-refractivity contribution >= 4 is 86.4 Å². The Labute approximate surface area is 533 Å². The molecule has 1 nitrogen and oxygen atoms in total. The van der Waals surface area contributed by atoms with Crippen LogP contribution in [-0.4, -0.2) is 4.57 Å². The molecule has 0 amide bonds. The third kappa shape index (κ3) is 7.92. The van der Waals surface area contributed by atoms with Gasteiger partial charge in [0.15, 0.2) is 0 Å². The number of hydrogen-bond acceptors (Lipinski definition) is 0. The topological polar surface area (TPSA) is 4.93 Å². The molecule has 0 N–H and O–H groups in total. The Morgan fingerprint density at radius 3 is 0.946 bits per heavy atom. The summed E-state index contributed by atoms with van der Waals surface area (Å²) in [6.07, 6.45) is 0. The highest BCUT2D eigenvalue weighted by Gasteiger charge is 2.46. The maximum atomic E-state index is 2.52. The third-order valence-electron chi connectivity index (χ3n) is 20.2. The van der Waals surface area contributed by atoms with Crippen molar-refractivity contribution in [2.24, 2.45) is 0 Å². The summed E-state index contributed by atoms with van der Waals surface area (Å²) in [5.74, 6) is 0. The zero-order chi connectivity index (χ0) is 60.4. The largest absolute Gasteiger partial charge is 0.309 e. The van der Waals surface area contributed by atoms with Crippen molar-refractivity contribution in [1.82, 2.24) is 4.57 Å². The van der Waals surface area contributed by atoms with Crippen LogP contribution in [0.3, 0.4) is 0 Å². The molecule has 1 aromatic heterocycles. The summed E-state index contributed by atoms with van der Waals surface area (Å²) in [6, 6.07) is 130. The predicted molar refractivity (Wildman–Crippen MR) is 390 cm³/mol. The number of rotatable bonds is 8. The fourth-order valence-corrected chi connectivity index (χ4v) is 16.0. The van der Waals surface area contributed by atoms with Crippen LogP contribution in [0.2, 0.25) is 0 Å². The SMILES string of the molecule is c1ccc(C2(c3ccccc3)c3cc(-c4cc5ccccc5c5ccccc45)ccc3-c3ccc(-n4c5ccc(-c6ccc(-c7cc8ccccc8c8ccccc78)cc6)cc5c5cc(-c6ccc(-c7cc8ccccc8c8ccccc78)cc6)ccc54)cc32)cc1. The quantitative estimate of drug-likeness (QED) is 0.134. The second-order valence-corrected chi connectivity index (χ2v) is 25.0. The molecule has 1 heteroatoms. The van der Waals surface area contributed by atoms with Gasteiger partial charge >= 0.3 is 0 Å². The van der Waals surface area contributed by atoms with Gasteiger partial charge in [0.2, 0.25) is 0 Å². The van der Waals surface area contributed by atoms with Gasteiger partial charge in [-0.1, -0.05) is 285 Å². The molecule has 1 aliphatic carbocycles. The van der Waals surface area contributed by atoms with E-state index >= 15 is 0 Å². The van der Waals surface area contributed by atoms with Crippen molar-refractivity contribution in [3.63, 3.8) is 0 Å². The van der Waals surface area contributed by atoms with Gasteiger partial charge < -0.3 is 4.57 Å². The molecule has 1 heterocycles. The first-order chi connectivity index (χ1) is 45.6. The second-order valence-electron chi connectivity index (χ2n) is 25.0. The van der Waals surface area contributed by atoms with Crippen molar-refractivity contribution in [2.75, 3.05) is 0 Å². The van der Waals surface area contributed by atoms with Crippen LogP contribution < -0.4 is 0 Å². The Bertz CT molecular complexity index is 5770. The molecule has 0 saturated carbocycles. The molecule has 0 fully saturated rings. The minimum atomic E-state index is -0.651. The van der Waals surface area contributed by atoms with Crippen molar-refractivity contribution in [1.29, 1.82) is 0 Å². The maximum Gasteiger partial charge on any atom is 0.0714 e. The molecule has 0 aliphatic heterocycles. The van der Waals surface area contributed by atoms with Crippen molar-refractivity contribution in [3.8, 4) is 72.4 Å². The van der Waals surface area contributed by atoms with Gasteiger partial charge in [0.05, 0.1) is 16.4 Å². The molecule has 18 aromatic rings. The zero-order valence-corrected chi connectivity index (χ0v) is 50.4. The summed E-state index contributed by atoms with van der Waals surface area (Å²) < 4.78 is 2.52. The number of hydrogen-bond donors (Lipinski definition) is 0. The Kier molecular flexibility index (Phi) is 11.7. The van der Waals surface area contributed by atoms with Crippen LogP contribution >= 0.6 is 0 Å². The first kappa shape index (κ1) is 52.1. The smallest absolute Gasteiger partial charge is 0.0714 e. The minimum Gasteiger partial charge on any atom is -0.309 e. The van der Waals surface area contributed by atoms with Crippen LogP contribution in [0.5, 0.6) is 0 Å². The van der Waals surface area contributed by atoms with Crippen molar-refractivity contribution in [2.45, 2.75) is 5.41 Å². The minimum absolute atomic E-state index is 0.651. The van der Waals surface area contributed by atoms with E-state index in [2.05, 4.69) is 350 Å². The van der Waals surface area contributed by atoms with Crippen LogP contribution in [-0.2, 0) is 5.41 Å². The number of nitrogens with zero attached hydrogens (tertiary/aromatic N) is 1. The molecule has 1 aliphatic rings. The lowest BCUT2D eigenvalue weighted by atomic mass is 9.67. The molecule has 426 valence electrons. The van der Waals surface area contributed by atoms with E-state index in [1.165, 1.54) is 164 Å². The molecule has 92 heavy (non-hydrogen) atoms. The summed E-state index contributed by atoms with van der Waals surface area (Å²) in [4.78, 5) is 0. The fourth-order valence-electron chi connectivity index (χ4n) is 16.0. The van der Waals surface area contributed by atoms with Crippen LogP contribution in [0, 0.1) is 0 Å². The lowest BCUT2D eigenvalue weighted by Crippen LogP contribution is -2.28. The number of fused-ring (bicyclic) bond motifs is 15. The van der Waals surface area contributed by atoms with Crippen molar-refractivity contribution < 1.29 is 0 Å². The van der Waals surface area contributed by atoms with Gasteiger partial charge in [-0.3, -0.25) is 0 Å². The summed E-state index contributed by atoms with van der Waals surface area (Å²) >= 11 is 0. The van der Waals surface area contributed by atoms with E-state index in [0.717, 1.165) is 16.7 Å². The van der Waals surface area contributed by atoms with E-state index in [0.29, 0.717) is 0 Å². The van der Waals surface area contributed by atoms with E-state index in [9.17, 15) is 0 Å². The third-order valence-corrected chi connectivity index (χ3v) is 20.2. The molecule has 17 aromatic carbocycles. The van der Waals surface area contributed by atoms with Crippen LogP contribution in [0.15, 0.2) is 346 Å². The molecule has 0 spiro atoms. The summed E-state index contributed by atoms with van der Waals surface area (Å²) in [5, 5.41) is 17.6. The number of benzene rings is 17. The standard InChI is InChI=1S/C91H57N/c1-3-22-68(23-4-1)91(69-24-5-2-6-25-69)87-56-67(84-55-66-21-9-12-28-73(66)76-31-15-18-34-79(76)84)43-47-80(87)81-48-46-70(57-88(81)91)92-89-49-44-62(58-35-39-60(40-36-58)82-53-64-19-7-10-26-71(64)74-29-13-16-32-77(74)82)51-85(89)86-52-63(45-50-90(86)92)59-37-41-61(42-38-59)83-54-65-20-8-11-27-72(65)75-30-14-17-33-78(75)83/h1-57H. The Morgan fingerprint density at radius 2 is 0.511 bits per heavy atom. The first-order valence-electron chi connectivity index (χ1n) is 32.0. The van der Waals surface area contributed by atoms with Crippen molar-refractivity contribution in [3.05, 3.63) is 368 Å². The second kappa shape index (κ2) is 20.6. The first-order valence-corrected chi connectivity index (χ1v) is 32.0. The van der Waals surface area contributed by atoms with Gasteiger partial charge in [-0.2, -0.15) is 0 Å². The molecule has 0 radical (unpaired) electrons. The predicted octanol–water partition coefficient (Wildman–Crippen LogP) is 24.4. The highest BCUT2D eigenvalue weighted by atomic mass is 15.0. The van der Waals surface area contributed by atoms with Gasteiger partial charge in [-0.25, -0.2) is 0 Å². The highest BCUT2D eigenvalue weighted by molar-refractivity contribution is 6.17. The van der Waals surface area contributed by atoms with E-state index < -0.39 is 5.41 Å². The molecular formula is C91H57N. The van der Waals surface area contributed by atoms with Gasteiger partial charge in [0.1, 0.15) is 0 Å². The summed E-state index contributed by atoms with van der Waals surface area (Å²) in [6.45, 7) is 0. The fraction of sp³-hybridized carbons (Fsp3) is 0.0110. The van der Waals surface area contributed by atoms with Gasteiger partial charge in [-0.15, -0.1) is 0 Å². The van der Waals surface area contributed by atoms with E-state index in [1.54, 1.807) is 0 Å². The van der Waals surface area contributed by atoms with E-state index in [4.69, 9.17) is 0 Å². The maximum absolute atomic E-state index is 2.52. The molecule has 0 unspecified atom stereocenters. The summed E-state index contributed by atoms with van der Waals surface area (Å²) in [7, 11) is 0. The van der Waals surface area contributed by atoms with Gasteiger partial charge in [0, 0.05) is 16.5 Å². The average Bonchev–Trinajstić information content (AvgIpc) is 1.52. The molecular weight excluding hydrogens is 1110 g/mol. The highest BCUT2D eigenvalue weighted by Crippen LogP contribution is 2.58. The molecule has 0 saturated heterocycles. The van der Waals surface area contributed by atoms with E-state index in [1.807, 2.05) is 0 Å². The molecule has 0 atom stereocenters. The Hall–Kier alpha value is -11.9. The van der Waals surface area contributed by atoms with Gasteiger partial charge in [-0.05, 0) is 214 Å². The average molecular weight is 1160 g/mol. The van der Waals surface area contributed by atoms with Crippen LogP contribution in [0.4, 0.5) is 0 Å². The lowest BCUT2D eigenvalue weighted by molar-refractivity contribution is 0.768. The normalized spacial score (nSPS) is 12.7. The molecule has 19 rings (SSSR count). The zero-order valence-electron chi connectivity index (χ0n) is 50.4. The monoisotopic (exact) mass is 1160 g/mol. The van der Waals surface area contributed by atoms with Crippen LogP contribution in [0.25, 0.3) is 159 Å². The molecule has 0 bridgehead atoms. The summed E-state index contributed by atoms with van der Waals surface area (Å²) in [5.41, 5.74) is 22.4. The Balaban J connectivity index is 0.794. The van der Waals surface area contributed by atoms with Crippen LogP contribution in [0.1, 0.15) is 22.3 Å². The lowest BCUT2D eigenvalue weighted by Gasteiger charge is -2.34. The van der Waals surface area contributed by atoms with E-state index in [-0.39, 0.29) is 0 Å². The Morgan fingerprint density at radius 1 is 0.185 bits per heavy atom. The van der Waals surface area contributed by atoms with Gasteiger partial charge in [0.25, 0.3) is 0 Å².